The molecule has 1 fully saturated rings. The van der Waals surface area contributed by atoms with Gasteiger partial charge >= 0.3 is 5.97 Å². The van der Waals surface area contributed by atoms with Crippen molar-refractivity contribution in [2.24, 2.45) is 17.1 Å². The van der Waals surface area contributed by atoms with Crippen molar-refractivity contribution in [3.05, 3.63) is 0 Å². The number of amides is 1. The van der Waals surface area contributed by atoms with E-state index in [1.807, 2.05) is 0 Å². The van der Waals surface area contributed by atoms with Gasteiger partial charge in [-0.1, -0.05) is 20.8 Å². The summed E-state index contributed by atoms with van der Waals surface area (Å²) >= 11 is 0. The van der Waals surface area contributed by atoms with Crippen molar-refractivity contribution in [1.82, 2.24) is 4.90 Å². The van der Waals surface area contributed by atoms with Crippen LogP contribution in [-0.4, -0.2) is 41.0 Å². The van der Waals surface area contributed by atoms with E-state index in [0.29, 0.717) is 19.4 Å². The van der Waals surface area contributed by atoms with Crippen LogP contribution in [0.4, 0.5) is 0 Å². The van der Waals surface area contributed by atoms with Crippen LogP contribution < -0.4 is 5.73 Å². The Morgan fingerprint density at radius 1 is 1.37 bits per heavy atom. The predicted octanol–water partition coefficient (Wildman–Crippen LogP) is 1.46. The van der Waals surface area contributed by atoms with Gasteiger partial charge in [-0.15, -0.1) is 0 Å². The summed E-state index contributed by atoms with van der Waals surface area (Å²) in [5.41, 5.74) is 5.72. The summed E-state index contributed by atoms with van der Waals surface area (Å²) in [5.74, 6) is -1.27. The van der Waals surface area contributed by atoms with Crippen LogP contribution in [0, 0.1) is 11.3 Å². The van der Waals surface area contributed by atoms with Crippen molar-refractivity contribution in [2.45, 2.75) is 52.5 Å². The molecule has 0 spiro atoms. The molecule has 0 radical (unpaired) electrons. The van der Waals surface area contributed by atoms with E-state index in [2.05, 4.69) is 20.8 Å². The minimum atomic E-state index is -0.903. The molecule has 0 aromatic carbocycles. The van der Waals surface area contributed by atoms with Gasteiger partial charge in [0.15, 0.2) is 0 Å². The Balaban J connectivity index is 2.79. The number of carboxylic acid groups (broad SMARTS) is 1. The van der Waals surface area contributed by atoms with Crippen LogP contribution in [0.25, 0.3) is 0 Å². The van der Waals surface area contributed by atoms with E-state index in [4.69, 9.17) is 5.73 Å². The zero-order chi connectivity index (χ0) is 14.6. The fourth-order valence-corrected chi connectivity index (χ4v) is 2.70. The molecule has 5 nitrogen and oxygen atoms in total. The third-order valence-corrected chi connectivity index (χ3v) is 3.56. The van der Waals surface area contributed by atoms with Gasteiger partial charge in [-0.05, 0) is 31.1 Å². The van der Waals surface area contributed by atoms with Gasteiger partial charge in [-0.25, -0.2) is 4.79 Å². The maximum atomic E-state index is 12.5. The summed E-state index contributed by atoms with van der Waals surface area (Å²) in [4.78, 5) is 25.3. The highest BCUT2D eigenvalue weighted by atomic mass is 16.4. The van der Waals surface area contributed by atoms with E-state index < -0.39 is 12.0 Å². The average Bonchev–Trinajstić information content (AvgIpc) is 2.34. The summed E-state index contributed by atoms with van der Waals surface area (Å²) in [5, 5.41) is 9.22. The van der Waals surface area contributed by atoms with Crippen LogP contribution in [-0.2, 0) is 9.59 Å². The Morgan fingerprint density at radius 2 is 2.00 bits per heavy atom. The molecule has 3 N–H and O–H groups in total. The number of hydrogen-bond acceptors (Lipinski definition) is 3. The number of carbonyl (C=O) groups excluding carboxylic acids is 1. The Morgan fingerprint density at radius 3 is 2.47 bits per heavy atom. The number of carbonyl (C=O) groups is 2. The monoisotopic (exact) mass is 270 g/mol. The number of hydrogen-bond donors (Lipinski definition) is 2. The summed E-state index contributed by atoms with van der Waals surface area (Å²) in [6, 6.07) is -0.671. The summed E-state index contributed by atoms with van der Waals surface area (Å²) in [7, 11) is 0. The molecule has 0 bridgehead atoms. The van der Waals surface area contributed by atoms with Crippen molar-refractivity contribution in [1.29, 1.82) is 0 Å². The first-order chi connectivity index (χ1) is 8.76. The molecule has 1 heterocycles. The Hall–Kier alpha value is -1.10. The van der Waals surface area contributed by atoms with Gasteiger partial charge in [0.25, 0.3) is 0 Å². The van der Waals surface area contributed by atoms with Crippen molar-refractivity contribution in [3.63, 3.8) is 0 Å². The highest BCUT2D eigenvalue weighted by Gasteiger charge is 2.36. The van der Waals surface area contributed by atoms with Crippen LogP contribution in [0.1, 0.15) is 46.5 Å². The summed E-state index contributed by atoms with van der Waals surface area (Å²) in [6.07, 6.45) is 2.98. The maximum Gasteiger partial charge on any atom is 0.326 e. The predicted molar refractivity (Wildman–Crippen MR) is 73.6 cm³/mol. The number of piperidine rings is 1. The smallest absolute Gasteiger partial charge is 0.326 e. The lowest BCUT2D eigenvalue weighted by atomic mass is 9.83. The molecular formula is C14H26N2O3. The van der Waals surface area contributed by atoms with Crippen molar-refractivity contribution in [2.75, 3.05) is 13.1 Å². The lowest BCUT2D eigenvalue weighted by molar-refractivity contribution is -0.154. The molecule has 1 amide bonds. The highest BCUT2D eigenvalue weighted by Crippen LogP contribution is 2.27. The molecule has 1 rings (SSSR count). The van der Waals surface area contributed by atoms with Gasteiger partial charge in [-0.2, -0.15) is 0 Å². The zero-order valence-corrected chi connectivity index (χ0v) is 12.2. The Bertz CT molecular complexity index is 336. The van der Waals surface area contributed by atoms with E-state index in [1.165, 1.54) is 4.90 Å². The molecule has 0 aromatic rings. The molecule has 5 heteroatoms. The molecule has 0 aromatic heterocycles. The highest BCUT2D eigenvalue weighted by molar-refractivity contribution is 5.85. The number of nitrogens with zero attached hydrogens (tertiary/aromatic N) is 1. The molecule has 2 atom stereocenters. The third kappa shape index (κ3) is 4.49. The van der Waals surface area contributed by atoms with Crippen LogP contribution in [0.3, 0.4) is 0 Å². The van der Waals surface area contributed by atoms with E-state index in [0.717, 1.165) is 12.8 Å². The van der Waals surface area contributed by atoms with Gasteiger partial charge in [0, 0.05) is 13.1 Å². The van der Waals surface area contributed by atoms with Crippen LogP contribution in [0.15, 0.2) is 0 Å². The number of likely N-dealkylation sites (tertiary alicyclic amines) is 1. The van der Waals surface area contributed by atoms with E-state index in [-0.39, 0.29) is 23.8 Å². The topological polar surface area (TPSA) is 83.6 Å². The number of aliphatic carboxylic acids is 1. The second-order valence-electron chi connectivity index (χ2n) is 6.58. The fraction of sp³-hybridized carbons (Fsp3) is 0.857. The van der Waals surface area contributed by atoms with Crippen LogP contribution in [0.2, 0.25) is 0 Å². The lowest BCUT2D eigenvalue weighted by Crippen LogP contribution is -2.51. The summed E-state index contributed by atoms with van der Waals surface area (Å²) < 4.78 is 0. The van der Waals surface area contributed by atoms with Gasteiger partial charge in [0.1, 0.15) is 6.04 Å². The Kier molecular flexibility index (Phi) is 5.35. The minimum Gasteiger partial charge on any atom is -0.480 e. The number of rotatable bonds is 4. The van der Waals surface area contributed by atoms with Gasteiger partial charge in [-0.3, -0.25) is 4.79 Å². The molecule has 1 aliphatic rings. The van der Waals surface area contributed by atoms with Crippen molar-refractivity contribution < 1.29 is 14.7 Å². The van der Waals surface area contributed by atoms with E-state index >= 15 is 0 Å². The molecule has 0 aliphatic carbocycles. The van der Waals surface area contributed by atoms with Crippen LogP contribution >= 0.6 is 0 Å². The molecule has 1 aliphatic heterocycles. The van der Waals surface area contributed by atoms with E-state index in [1.54, 1.807) is 0 Å². The standard InChI is InChI=1S/C14H26N2O3/c1-14(2,3)8-10(9-15)12(17)16-7-5-4-6-11(16)13(18)19/h10-11H,4-9,15H2,1-3H3,(H,18,19). The molecular weight excluding hydrogens is 244 g/mol. The lowest BCUT2D eigenvalue weighted by Gasteiger charge is -2.36. The molecule has 1 saturated heterocycles. The SMILES string of the molecule is CC(C)(C)CC(CN)C(=O)N1CCCCC1C(=O)O. The van der Waals surface area contributed by atoms with Gasteiger partial charge < -0.3 is 15.7 Å². The quantitative estimate of drug-likeness (QED) is 0.810. The van der Waals surface area contributed by atoms with Gasteiger partial charge in [0.2, 0.25) is 5.91 Å². The molecule has 19 heavy (non-hydrogen) atoms. The van der Waals surface area contributed by atoms with Crippen LogP contribution in [0.5, 0.6) is 0 Å². The van der Waals surface area contributed by atoms with Crippen molar-refractivity contribution in [3.8, 4) is 0 Å². The normalized spacial score (nSPS) is 22.1. The average molecular weight is 270 g/mol. The van der Waals surface area contributed by atoms with Gasteiger partial charge in [0.05, 0.1) is 5.92 Å². The summed E-state index contributed by atoms with van der Waals surface area (Å²) in [6.45, 7) is 7.00. The second kappa shape index (κ2) is 6.37. The zero-order valence-electron chi connectivity index (χ0n) is 12.2. The molecule has 2 unspecified atom stereocenters. The van der Waals surface area contributed by atoms with E-state index in [9.17, 15) is 14.7 Å². The minimum absolute atomic E-state index is 0.00814. The number of nitrogens with two attached hydrogens (primary N) is 1. The fourth-order valence-electron chi connectivity index (χ4n) is 2.70. The third-order valence-electron chi connectivity index (χ3n) is 3.56. The first kappa shape index (κ1) is 16.0. The second-order valence-corrected chi connectivity index (χ2v) is 6.58. The molecule has 0 saturated carbocycles. The first-order valence-corrected chi connectivity index (χ1v) is 6.99. The largest absolute Gasteiger partial charge is 0.480 e. The maximum absolute atomic E-state index is 12.5. The first-order valence-electron chi connectivity index (χ1n) is 6.99. The van der Waals surface area contributed by atoms with Crippen molar-refractivity contribution >= 4 is 11.9 Å². The molecule has 110 valence electrons. The Labute approximate surface area is 115 Å². The number of carboxylic acids is 1.